The van der Waals surface area contributed by atoms with E-state index < -0.39 is 0 Å². The summed E-state index contributed by atoms with van der Waals surface area (Å²) in [7, 11) is 0. The number of hydrogen-bond acceptors (Lipinski definition) is 2. The molecule has 2 nitrogen and oxygen atoms in total. The minimum atomic E-state index is -0.209. The summed E-state index contributed by atoms with van der Waals surface area (Å²) in [5.74, 6) is 0. The SMILES string of the molecule is C/C=C\c1cc(N2c3ccccc3C(C)(C)c3cc4c(cc32)C(C)(C)c2cc(-c3ccc5c(ccc6cc(-c7ccc8c(c7)C(C)(C)c7cc9c(cc7-8)N(c7ccc(C(C)(C)C)cc7)c7ccccc7C9(C)C)ccc65)c3)ccc2-4)ccc1CC. The van der Waals surface area contributed by atoms with Crippen LogP contribution < -0.4 is 9.80 Å². The number of aryl methyl sites for hydroxylation is 1. The Morgan fingerprint density at radius 3 is 1.35 bits per heavy atom. The molecule has 0 saturated heterocycles. The van der Waals surface area contributed by atoms with E-state index >= 15 is 0 Å². The van der Waals surface area contributed by atoms with Crippen molar-refractivity contribution in [2.24, 2.45) is 0 Å². The van der Waals surface area contributed by atoms with Crippen molar-refractivity contribution >= 4 is 61.7 Å². The average molecular weight is 1100 g/mol. The first-order valence-corrected chi connectivity index (χ1v) is 31.0. The topological polar surface area (TPSA) is 6.48 Å². The van der Waals surface area contributed by atoms with Gasteiger partial charge in [0.15, 0.2) is 0 Å². The third-order valence-electron chi connectivity index (χ3n) is 20.7. The van der Waals surface area contributed by atoms with E-state index in [0.29, 0.717) is 0 Å². The molecule has 11 aromatic rings. The van der Waals surface area contributed by atoms with Crippen LogP contribution in [0, 0.1) is 0 Å². The van der Waals surface area contributed by atoms with E-state index in [1.165, 1.54) is 161 Å². The molecule has 2 heteroatoms. The Balaban J connectivity index is 0.752. The van der Waals surface area contributed by atoms with Gasteiger partial charge >= 0.3 is 0 Å². The van der Waals surface area contributed by atoms with Gasteiger partial charge in [0.05, 0.1) is 22.7 Å². The van der Waals surface area contributed by atoms with Gasteiger partial charge in [-0.25, -0.2) is 0 Å². The van der Waals surface area contributed by atoms with E-state index in [1.54, 1.807) is 0 Å². The summed E-state index contributed by atoms with van der Waals surface area (Å²) in [4.78, 5) is 5.05. The highest BCUT2D eigenvalue weighted by molar-refractivity contribution is 6.10. The van der Waals surface area contributed by atoms with Crippen LogP contribution in [0.2, 0.25) is 0 Å². The number of rotatable bonds is 6. The van der Waals surface area contributed by atoms with Gasteiger partial charge in [-0.05, 0) is 225 Å². The molecule has 0 spiro atoms. The summed E-state index contributed by atoms with van der Waals surface area (Å²) in [6.07, 6.45) is 5.42. The maximum absolute atomic E-state index is 2.56. The van der Waals surface area contributed by atoms with Gasteiger partial charge in [-0.3, -0.25) is 0 Å². The zero-order valence-corrected chi connectivity index (χ0v) is 51.8. The van der Waals surface area contributed by atoms with Crippen molar-refractivity contribution < 1.29 is 0 Å². The highest BCUT2D eigenvalue weighted by Crippen LogP contribution is 2.60. The van der Waals surface area contributed by atoms with Gasteiger partial charge in [0.25, 0.3) is 0 Å². The third kappa shape index (κ3) is 7.76. The quantitative estimate of drug-likeness (QED) is 0.153. The minimum Gasteiger partial charge on any atom is -0.310 e. The fourth-order valence-electron chi connectivity index (χ4n) is 15.7. The first-order valence-electron chi connectivity index (χ1n) is 31.0. The van der Waals surface area contributed by atoms with Gasteiger partial charge in [-0.15, -0.1) is 0 Å². The second-order valence-corrected chi connectivity index (χ2v) is 28.0. The lowest BCUT2D eigenvalue weighted by molar-refractivity contribution is 0.590. The molecular formula is C83H76N2. The maximum Gasteiger partial charge on any atom is 0.0509 e. The average Bonchev–Trinajstić information content (AvgIpc) is 1.78. The number of anilines is 6. The van der Waals surface area contributed by atoms with Crippen LogP contribution in [0.25, 0.3) is 72.1 Å². The molecule has 2 heterocycles. The van der Waals surface area contributed by atoms with Gasteiger partial charge in [0.1, 0.15) is 0 Å². The Morgan fingerprint density at radius 1 is 0.365 bits per heavy atom. The monoisotopic (exact) mass is 1100 g/mol. The van der Waals surface area contributed by atoms with Crippen LogP contribution in [0.5, 0.6) is 0 Å². The van der Waals surface area contributed by atoms with Crippen LogP contribution in [-0.4, -0.2) is 0 Å². The zero-order chi connectivity index (χ0) is 58.9. The number of para-hydroxylation sites is 2. The van der Waals surface area contributed by atoms with Crippen molar-refractivity contribution in [2.45, 2.75) is 124 Å². The van der Waals surface area contributed by atoms with E-state index in [9.17, 15) is 0 Å². The smallest absolute Gasteiger partial charge is 0.0509 e. The number of allylic oxidation sites excluding steroid dienone is 1. The second-order valence-electron chi connectivity index (χ2n) is 28.0. The molecule has 0 bridgehead atoms. The Labute approximate surface area is 504 Å². The van der Waals surface area contributed by atoms with Crippen molar-refractivity contribution in [2.75, 3.05) is 9.80 Å². The van der Waals surface area contributed by atoms with Gasteiger partial charge < -0.3 is 9.80 Å². The van der Waals surface area contributed by atoms with Crippen molar-refractivity contribution in [3.05, 3.63) is 267 Å². The molecule has 0 fully saturated rings. The molecule has 0 N–H and O–H groups in total. The van der Waals surface area contributed by atoms with Crippen molar-refractivity contribution in [3.8, 4) is 44.5 Å². The predicted octanol–water partition coefficient (Wildman–Crippen LogP) is 23.1. The van der Waals surface area contributed by atoms with Crippen LogP contribution >= 0.6 is 0 Å². The van der Waals surface area contributed by atoms with Crippen LogP contribution in [-0.2, 0) is 33.5 Å². The van der Waals surface area contributed by atoms with Crippen LogP contribution in [0.4, 0.5) is 34.1 Å². The molecule has 2 aliphatic carbocycles. The highest BCUT2D eigenvalue weighted by atomic mass is 15.2. The lowest BCUT2D eigenvalue weighted by Crippen LogP contribution is -2.31. The molecular weight excluding hydrogens is 1020 g/mol. The standard InChI is InChI=1S/C83H76N2/c1-14-20-51-43-60(34-27-50(51)15-2)85-76-24-19-17-22-68(76)80(6,7)73-46-65-63-39-30-54(44-69(63)83(12,13)72(65)49-78(73)85)52-28-37-61-56(41-52)25-26-57-42-53(29-38-62(57)61)55-31-40-64-66-47-77-74(48-71(66)82(10,11)70(64)45-55)81(8,9)67-21-16-18-23-75(67)84(77)59-35-32-58(33-36-59)79(3,4)5/h14,16-49H,15H2,1-13H3/b20-14-. The lowest BCUT2D eigenvalue weighted by Gasteiger charge is -2.43. The Morgan fingerprint density at radius 2 is 0.812 bits per heavy atom. The first-order chi connectivity index (χ1) is 40.7. The van der Waals surface area contributed by atoms with Gasteiger partial charge in [0.2, 0.25) is 0 Å². The van der Waals surface area contributed by atoms with E-state index in [0.717, 1.165) is 6.42 Å². The lowest BCUT2D eigenvalue weighted by atomic mass is 9.71. The summed E-state index contributed by atoms with van der Waals surface area (Å²) < 4.78 is 0. The highest BCUT2D eigenvalue weighted by Gasteiger charge is 2.45. The Hall–Kier alpha value is -8.72. The van der Waals surface area contributed by atoms with Crippen LogP contribution in [0.15, 0.2) is 206 Å². The second kappa shape index (κ2) is 18.4. The molecule has 11 aromatic carbocycles. The number of fused-ring (bicyclic) bond motifs is 13. The molecule has 0 atom stereocenters. The molecule has 85 heavy (non-hydrogen) atoms. The summed E-state index contributed by atoms with van der Waals surface area (Å²) in [6.45, 7) is 30.6. The van der Waals surface area contributed by atoms with E-state index in [-0.39, 0.29) is 27.1 Å². The summed E-state index contributed by atoms with van der Waals surface area (Å²) in [6, 6.07) is 77.9. The summed E-state index contributed by atoms with van der Waals surface area (Å²) in [5.41, 5.74) is 32.1. The Kier molecular flexibility index (Phi) is 11.5. The van der Waals surface area contributed by atoms with Gasteiger partial charge in [-0.2, -0.15) is 0 Å². The molecule has 0 amide bonds. The van der Waals surface area contributed by atoms with Crippen molar-refractivity contribution in [1.29, 1.82) is 0 Å². The van der Waals surface area contributed by atoms with Crippen LogP contribution in [0.3, 0.4) is 0 Å². The Bertz CT molecular complexity index is 4680. The van der Waals surface area contributed by atoms with Gasteiger partial charge in [0, 0.05) is 33.0 Å². The third-order valence-corrected chi connectivity index (χ3v) is 20.7. The number of nitrogens with zero attached hydrogens (tertiary/aromatic N) is 2. The molecule has 0 aromatic heterocycles. The van der Waals surface area contributed by atoms with E-state index in [2.05, 4.69) is 312 Å². The number of hydrogen-bond donors (Lipinski definition) is 0. The summed E-state index contributed by atoms with van der Waals surface area (Å²) in [5, 5.41) is 5.07. The zero-order valence-electron chi connectivity index (χ0n) is 51.8. The number of benzene rings is 11. The van der Waals surface area contributed by atoms with Crippen molar-refractivity contribution in [1.82, 2.24) is 0 Å². The normalized spacial score (nSPS) is 16.2. The molecule has 0 radical (unpaired) electrons. The molecule has 15 rings (SSSR count). The minimum absolute atomic E-state index is 0.0805. The molecule has 0 saturated carbocycles. The van der Waals surface area contributed by atoms with E-state index in [4.69, 9.17) is 0 Å². The molecule has 2 aliphatic heterocycles. The van der Waals surface area contributed by atoms with E-state index in [1.807, 2.05) is 0 Å². The summed E-state index contributed by atoms with van der Waals surface area (Å²) >= 11 is 0. The van der Waals surface area contributed by atoms with Crippen molar-refractivity contribution in [3.63, 3.8) is 0 Å². The fourth-order valence-corrected chi connectivity index (χ4v) is 15.7. The molecule has 4 aliphatic rings. The maximum atomic E-state index is 2.56. The largest absolute Gasteiger partial charge is 0.310 e. The van der Waals surface area contributed by atoms with Crippen LogP contribution in [0.1, 0.15) is 151 Å². The first kappa shape index (κ1) is 53.0. The molecule has 0 unspecified atom stereocenters. The predicted molar refractivity (Wildman–Crippen MR) is 364 cm³/mol. The molecule has 418 valence electrons. The van der Waals surface area contributed by atoms with Gasteiger partial charge in [-0.1, -0.05) is 217 Å². The fraction of sp³-hybridized carbons (Fsp3) is 0.229.